The zero-order chi connectivity index (χ0) is 10.6. The molecule has 80 valence electrons. The summed E-state index contributed by atoms with van der Waals surface area (Å²) < 4.78 is 9.43. The van der Waals surface area contributed by atoms with Gasteiger partial charge in [0.15, 0.2) is 0 Å². The SMILES string of the molecule is CCOC(=O)N1CCCC1C(=O)OC. The van der Waals surface area contributed by atoms with Gasteiger partial charge in [0.05, 0.1) is 13.7 Å². The third-order valence-electron chi connectivity index (χ3n) is 2.23. The van der Waals surface area contributed by atoms with Crippen molar-refractivity contribution in [3.63, 3.8) is 0 Å². The zero-order valence-corrected chi connectivity index (χ0v) is 8.49. The lowest BCUT2D eigenvalue weighted by molar-refractivity contribution is -0.145. The van der Waals surface area contributed by atoms with Crippen LogP contribution in [0.25, 0.3) is 0 Å². The van der Waals surface area contributed by atoms with Gasteiger partial charge in [0, 0.05) is 6.54 Å². The number of hydrogen-bond acceptors (Lipinski definition) is 4. The molecule has 5 heteroatoms. The fraction of sp³-hybridized carbons (Fsp3) is 0.778. The highest BCUT2D eigenvalue weighted by Gasteiger charge is 2.35. The number of methoxy groups -OCH3 is 1. The van der Waals surface area contributed by atoms with Crippen molar-refractivity contribution in [1.82, 2.24) is 4.90 Å². The van der Waals surface area contributed by atoms with Crippen LogP contribution in [0.3, 0.4) is 0 Å². The highest BCUT2D eigenvalue weighted by molar-refractivity contribution is 5.81. The lowest BCUT2D eigenvalue weighted by Gasteiger charge is -2.21. The van der Waals surface area contributed by atoms with Crippen LogP contribution in [0.2, 0.25) is 0 Å². The Bertz CT molecular complexity index is 229. The van der Waals surface area contributed by atoms with Crippen molar-refractivity contribution >= 4 is 12.1 Å². The molecule has 1 rings (SSSR count). The Labute approximate surface area is 83.0 Å². The molecule has 0 aromatic rings. The Morgan fingerprint density at radius 1 is 1.50 bits per heavy atom. The number of carbonyl (C=O) groups is 2. The van der Waals surface area contributed by atoms with Crippen LogP contribution in [0, 0.1) is 0 Å². The molecular weight excluding hydrogens is 186 g/mol. The molecule has 0 spiro atoms. The third kappa shape index (κ3) is 2.16. The van der Waals surface area contributed by atoms with Gasteiger partial charge in [0.2, 0.25) is 0 Å². The van der Waals surface area contributed by atoms with Gasteiger partial charge >= 0.3 is 12.1 Å². The van der Waals surface area contributed by atoms with Crippen molar-refractivity contribution in [2.45, 2.75) is 25.8 Å². The standard InChI is InChI=1S/C9H15NO4/c1-3-14-9(12)10-6-4-5-7(10)8(11)13-2/h7H,3-6H2,1-2H3. The summed E-state index contributed by atoms with van der Waals surface area (Å²) in [6.45, 7) is 2.63. The van der Waals surface area contributed by atoms with Gasteiger partial charge in [-0.05, 0) is 19.8 Å². The second-order valence-electron chi connectivity index (χ2n) is 3.07. The van der Waals surface area contributed by atoms with E-state index in [1.165, 1.54) is 12.0 Å². The fourth-order valence-electron chi connectivity index (χ4n) is 1.57. The van der Waals surface area contributed by atoms with Crippen molar-refractivity contribution in [3.05, 3.63) is 0 Å². The van der Waals surface area contributed by atoms with Gasteiger partial charge in [0.25, 0.3) is 0 Å². The summed E-state index contributed by atoms with van der Waals surface area (Å²) in [5, 5.41) is 0. The number of rotatable bonds is 2. The lowest BCUT2D eigenvalue weighted by Crippen LogP contribution is -2.41. The first kappa shape index (κ1) is 10.8. The van der Waals surface area contributed by atoms with Gasteiger partial charge in [-0.2, -0.15) is 0 Å². The van der Waals surface area contributed by atoms with Crippen molar-refractivity contribution < 1.29 is 19.1 Å². The van der Waals surface area contributed by atoms with Crippen molar-refractivity contribution in [1.29, 1.82) is 0 Å². The highest BCUT2D eigenvalue weighted by Crippen LogP contribution is 2.19. The average molecular weight is 201 g/mol. The Morgan fingerprint density at radius 3 is 2.79 bits per heavy atom. The summed E-state index contributed by atoms with van der Waals surface area (Å²) in [4.78, 5) is 24.1. The largest absolute Gasteiger partial charge is 0.467 e. The maximum absolute atomic E-state index is 11.4. The number of esters is 1. The predicted molar refractivity (Wildman–Crippen MR) is 48.8 cm³/mol. The molecule has 0 aliphatic carbocycles. The van der Waals surface area contributed by atoms with Gasteiger partial charge in [0.1, 0.15) is 6.04 Å². The van der Waals surface area contributed by atoms with E-state index in [0.717, 1.165) is 6.42 Å². The van der Waals surface area contributed by atoms with Gasteiger partial charge in [-0.3, -0.25) is 4.90 Å². The van der Waals surface area contributed by atoms with Crippen LogP contribution in [0.15, 0.2) is 0 Å². The quantitative estimate of drug-likeness (QED) is 0.619. The molecule has 5 nitrogen and oxygen atoms in total. The molecule has 0 radical (unpaired) electrons. The molecule has 1 amide bonds. The first-order chi connectivity index (χ1) is 6.70. The number of ether oxygens (including phenoxy) is 2. The predicted octanol–water partition coefficient (Wildman–Crippen LogP) is 0.780. The Hall–Kier alpha value is -1.26. The zero-order valence-electron chi connectivity index (χ0n) is 8.49. The molecule has 14 heavy (non-hydrogen) atoms. The molecular formula is C9H15NO4. The first-order valence-corrected chi connectivity index (χ1v) is 4.72. The van der Waals surface area contributed by atoms with Crippen molar-refractivity contribution in [2.75, 3.05) is 20.3 Å². The van der Waals surface area contributed by atoms with E-state index in [0.29, 0.717) is 19.6 Å². The van der Waals surface area contributed by atoms with E-state index >= 15 is 0 Å². The number of likely N-dealkylation sites (tertiary alicyclic amines) is 1. The molecule has 0 bridgehead atoms. The summed E-state index contributed by atoms with van der Waals surface area (Å²) in [5.74, 6) is -0.365. The summed E-state index contributed by atoms with van der Waals surface area (Å²) in [5.41, 5.74) is 0. The molecule has 1 saturated heterocycles. The first-order valence-electron chi connectivity index (χ1n) is 4.72. The molecule has 1 fully saturated rings. The molecule has 0 N–H and O–H groups in total. The average Bonchev–Trinajstić information content (AvgIpc) is 2.65. The molecule has 1 aliphatic heterocycles. The fourth-order valence-corrected chi connectivity index (χ4v) is 1.57. The molecule has 1 atom stereocenters. The third-order valence-corrected chi connectivity index (χ3v) is 2.23. The number of amides is 1. The van der Waals surface area contributed by atoms with E-state index in [1.807, 2.05) is 0 Å². The summed E-state index contributed by atoms with van der Waals surface area (Å²) in [6, 6.07) is -0.459. The van der Waals surface area contributed by atoms with E-state index in [9.17, 15) is 9.59 Å². The lowest BCUT2D eigenvalue weighted by atomic mass is 10.2. The second-order valence-corrected chi connectivity index (χ2v) is 3.07. The molecule has 1 aliphatic rings. The van der Waals surface area contributed by atoms with Gasteiger partial charge in [-0.25, -0.2) is 9.59 Å². The summed E-state index contributed by atoms with van der Waals surface area (Å²) in [7, 11) is 1.32. The smallest absolute Gasteiger partial charge is 0.410 e. The van der Waals surface area contributed by atoms with E-state index < -0.39 is 12.1 Å². The maximum Gasteiger partial charge on any atom is 0.410 e. The number of hydrogen-bond donors (Lipinski definition) is 0. The number of nitrogens with zero attached hydrogens (tertiary/aromatic N) is 1. The Kier molecular flexibility index (Phi) is 3.73. The Morgan fingerprint density at radius 2 is 2.21 bits per heavy atom. The summed E-state index contributed by atoms with van der Waals surface area (Å²) >= 11 is 0. The monoisotopic (exact) mass is 201 g/mol. The van der Waals surface area contributed by atoms with Crippen LogP contribution < -0.4 is 0 Å². The van der Waals surface area contributed by atoms with Crippen LogP contribution in [-0.2, 0) is 14.3 Å². The minimum atomic E-state index is -0.459. The van der Waals surface area contributed by atoms with Crippen LogP contribution in [0.4, 0.5) is 4.79 Å². The highest BCUT2D eigenvalue weighted by atomic mass is 16.6. The van der Waals surface area contributed by atoms with E-state index in [4.69, 9.17) is 4.74 Å². The van der Waals surface area contributed by atoms with Crippen molar-refractivity contribution in [2.24, 2.45) is 0 Å². The Balaban J connectivity index is 2.59. The van der Waals surface area contributed by atoms with Gasteiger partial charge in [-0.1, -0.05) is 0 Å². The van der Waals surface area contributed by atoms with E-state index in [2.05, 4.69) is 4.74 Å². The van der Waals surface area contributed by atoms with Crippen LogP contribution >= 0.6 is 0 Å². The molecule has 0 aromatic heterocycles. The van der Waals surface area contributed by atoms with Crippen LogP contribution in [-0.4, -0.2) is 43.3 Å². The van der Waals surface area contributed by atoms with Crippen LogP contribution in [0.1, 0.15) is 19.8 Å². The minimum absolute atomic E-state index is 0.323. The molecule has 0 saturated carbocycles. The van der Waals surface area contributed by atoms with Gasteiger partial charge < -0.3 is 9.47 Å². The maximum atomic E-state index is 11.4. The number of carbonyl (C=O) groups excluding carboxylic acids is 2. The van der Waals surface area contributed by atoms with E-state index in [-0.39, 0.29) is 5.97 Å². The van der Waals surface area contributed by atoms with Crippen LogP contribution in [0.5, 0.6) is 0 Å². The van der Waals surface area contributed by atoms with E-state index in [1.54, 1.807) is 6.92 Å². The van der Waals surface area contributed by atoms with Gasteiger partial charge in [-0.15, -0.1) is 0 Å². The molecule has 1 unspecified atom stereocenters. The topological polar surface area (TPSA) is 55.8 Å². The second kappa shape index (κ2) is 4.83. The minimum Gasteiger partial charge on any atom is -0.467 e. The molecule has 1 heterocycles. The normalized spacial score (nSPS) is 20.7. The summed E-state index contributed by atoms with van der Waals surface area (Å²) in [6.07, 6.45) is 1.05. The molecule has 0 aromatic carbocycles. The van der Waals surface area contributed by atoms with Crippen molar-refractivity contribution in [3.8, 4) is 0 Å².